The van der Waals surface area contributed by atoms with Crippen LogP contribution < -0.4 is 10.0 Å². The average Bonchev–Trinajstić information content (AvgIpc) is 3.29. The van der Waals surface area contributed by atoms with Gasteiger partial charge in [0.2, 0.25) is 5.91 Å². The van der Waals surface area contributed by atoms with E-state index in [1.54, 1.807) is 31.2 Å². The number of esters is 1. The monoisotopic (exact) mass is 585 g/mol. The van der Waals surface area contributed by atoms with Crippen LogP contribution in [0.5, 0.6) is 0 Å². The number of amides is 2. The number of thiophene rings is 1. The van der Waals surface area contributed by atoms with E-state index in [0.29, 0.717) is 22.0 Å². The molecular weight excluding hydrogens is 550 g/mol. The van der Waals surface area contributed by atoms with Crippen LogP contribution in [-0.2, 0) is 37.3 Å². The molecule has 40 heavy (non-hydrogen) atoms. The second-order valence-electron chi connectivity index (χ2n) is 9.66. The molecule has 0 spiro atoms. The van der Waals surface area contributed by atoms with Crippen LogP contribution in [-0.4, -0.2) is 44.1 Å². The fraction of sp³-hybridized carbons (Fsp3) is 0.345. The van der Waals surface area contributed by atoms with Crippen LogP contribution in [0.2, 0.25) is 0 Å². The van der Waals surface area contributed by atoms with Crippen molar-refractivity contribution >= 4 is 43.5 Å². The highest BCUT2D eigenvalue weighted by atomic mass is 32.2. The molecule has 2 N–H and O–H groups in total. The third kappa shape index (κ3) is 7.70. The SMILES string of the molecule is CCNC(=O)S(=O)(=O)Nc1sc(CC(C)C)cc1-c1ccc(CN(C(C)=O)[C@H](C(=O)OC)c2ccccc2)cc1. The van der Waals surface area contributed by atoms with E-state index in [1.807, 2.05) is 36.4 Å². The van der Waals surface area contributed by atoms with Crippen molar-refractivity contribution in [3.63, 3.8) is 0 Å². The van der Waals surface area contributed by atoms with Gasteiger partial charge in [0.15, 0.2) is 6.04 Å². The minimum Gasteiger partial charge on any atom is -0.467 e. The molecular formula is C29H35N3O6S2. The summed E-state index contributed by atoms with van der Waals surface area (Å²) >= 11 is 1.30. The molecule has 1 aromatic heterocycles. The molecule has 0 aliphatic heterocycles. The number of anilines is 1. The first-order valence-corrected chi connectivity index (χ1v) is 15.2. The Bertz CT molecular complexity index is 1430. The lowest BCUT2D eigenvalue weighted by atomic mass is 10.0. The molecule has 11 heteroatoms. The topological polar surface area (TPSA) is 122 Å². The molecule has 9 nitrogen and oxygen atoms in total. The first-order chi connectivity index (χ1) is 19.0. The predicted octanol–water partition coefficient (Wildman–Crippen LogP) is 5.35. The van der Waals surface area contributed by atoms with Crippen LogP contribution in [0.4, 0.5) is 9.80 Å². The van der Waals surface area contributed by atoms with Crippen molar-refractivity contribution in [2.75, 3.05) is 18.4 Å². The fourth-order valence-corrected chi connectivity index (χ4v) is 6.62. The number of rotatable bonds is 11. The highest BCUT2D eigenvalue weighted by Gasteiger charge is 2.31. The maximum atomic E-state index is 12.7. The van der Waals surface area contributed by atoms with Gasteiger partial charge in [0.1, 0.15) is 5.00 Å². The average molecular weight is 586 g/mol. The molecule has 0 aliphatic carbocycles. The van der Waals surface area contributed by atoms with Crippen molar-refractivity contribution in [3.8, 4) is 11.1 Å². The molecule has 214 valence electrons. The molecule has 3 aromatic rings. The van der Waals surface area contributed by atoms with Crippen LogP contribution in [0.3, 0.4) is 0 Å². The Morgan fingerprint density at radius 1 is 1.02 bits per heavy atom. The number of nitrogens with one attached hydrogen (secondary N) is 2. The normalized spacial score (nSPS) is 12.1. The maximum absolute atomic E-state index is 12.7. The minimum atomic E-state index is -4.28. The summed E-state index contributed by atoms with van der Waals surface area (Å²) in [7, 11) is -2.99. The largest absolute Gasteiger partial charge is 0.467 e. The number of hydrogen-bond donors (Lipinski definition) is 2. The second-order valence-corrected chi connectivity index (χ2v) is 12.4. The molecule has 0 bridgehead atoms. The van der Waals surface area contributed by atoms with E-state index in [2.05, 4.69) is 23.9 Å². The molecule has 0 fully saturated rings. The van der Waals surface area contributed by atoms with Crippen molar-refractivity contribution in [3.05, 3.63) is 76.7 Å². The summed E-state index contributed by atoms with van der Waals surface area (Å²) in [5.41, 5.74) is 2.80. The van der Waals surface area contributed by atoms with E-state index in [-0.39, 0.29) is 19.0 Å². The van der Waals surface area contributed by atoms with Crippen molar-refractivity contribution in [1.29, 1.82) is 0 Å². The molecule has 1 atom stereocenters. The fourth-order valence-electron chi connectivity index (χ4n) is 4.20. The minimum absolute atomic E-state index is 0.156. The number of methoxy groups -OCH3 is 1. The van der Waals surface area contributed by atoms with E-state index >= 15 is 0 Å². The quantitative estimate of drug-likeness (QED) is 0.293. The molecule has 0 saturated carbocycles. The Balaban J connectivity index is 1.94. The maximum Gasteiger partial charge on any atom is 0.357 e. The molecule has 2 amide bonds. The zero-order valence-corrected chi connectivity index (χ0v) is 24.9. The lowest BCUT2D eigenvalue weighted by molar-refractivity contribution is -0.153. The highest BCUT2D eigenvalue weighted by molar-refractivity contribution is 8.07. The molecule has 1 heterocycles. The van der Waals surface area contributed by atoms with E-state index in [9.17, 15) is 22.8 Å². The van der Waals surface area contributed by atoms with Crippen LogP contribution in [0.15, 0.2) is 60.7 Å². The zero-order chi connectivity index (χ0) is 29.4. The van der Waals surface area contributed by atoms with Gasteiger partial charge in [-0.3, -0.25) is 14.3 Å². The van der Waals surface area contributed by atoms with Crippen LogP contribution in [0.25, 0.3) is 11.1 Å². The van der Waals surface area contributed by atoms with Gasteiger partial charge in [-0.15, -0.1) is 11.3 Å². The van der Waals surface area contributed by atoms with Crippen molar-refractivity contribution in [1.82, 2.24) is 10.2 Å². The lowest BCUT2D eigenvalue weighted by Gasteiger charge is -2.29. The van der Waals surface area contributed by atoms with Gasteiger partial charge in [-0.2, -0.15) is 8.42 Å². The van der Waals surface area contributed by atoms with Crippen LogP contribution >= 0.6 is 11.3 Å². The number of carbonyl (C=O) groups excluding carboxylic acids is 3. The molecule has 3 rings (SSSR count). The Kier molecular flexibility index (Phi) is 10.5. The number of nitrogens with zero attached hydrogens (tertiary/aromatic N) is 1. The van der Waals surface area contributed by atoms with Crippen LogP contribution in [0, 0.1) is 5.92 Å². The molecule has 2 aromatic carbocycles. The summed E-state index contributed by atoms with van der Waals surface area (Å²) in [6.45, 7) is 7.54. The third-order valence-electron chi connectivity index (χ3n) is 6.06. The number of carbonyl (C=O) groups is 3. The highest BCUT2D eigenvalue weighted by Crippen LogP contribution is 2.38. The first kappa shape index (κ1) is 30.8. The van der Waals surface area contributed by atoms with E-state index in [4.69, 9.17) is 4.74 Å². The van der Waals surface area contributed by atoms with Gasteiger partial charge in [0, 0.05) is 30.5 Å². The van der Waals surface area contributed by atoms with Crippen molar-refractivity contribution < 1.29 is 27.5 Å². The lowest BCUT2D eigenvalue weighted by Crippen LogP contribution is -2.37. The Hall–Kier alpha value is -3.70. The summed E-state index contributed by atoms with van der Waals surface area (Å²) < 4.78 is 32.7. The Morgan fingerprint density at radius 2 is 1.68 bits per heavy atom. The molecule has 0 radical (unpaired) electrons. The second kappa shape index (κ2) is 13.6. The van der Waals surface area contributed by atoms with Gasteiger partial charge in [0.25, 0.3) is 0 Å². The summed E-state index contributed by atoms with van der Waals surface area (Å²) in [6.07, 6.45) is 0.751. The van der Waals surface area contributed by atoms with Gasteiger partial charge in [-0.1, -0.05) is 68.4 Å². The Morgan fingerprint density at radius 3 is 2.23 bits per heavy atom. The van der Waals surface area contributed by atoms with Crippen LogP contribution in [0.1, 0.15) is 49.7 Å². The molecule has 0 unspecified atom stereocenters. The molecule has 0 aliphatic rings. The van der Waals surface area contributed by atoms with Crippen molar-refractivity contribution in [2.45, 2.75) is 46.7 Å². The van der Waals surface area contributed by atoms with Gasteiger partial charge < -0.3 is 15.0 Å². The summed E-state index contributed by atoms with van der Waals surface area (Å²) in [6, 6.07) is 17.3. The third-order valence-corrected chi connectivity index (χ3v) is 8.37. The smallest absolute Gasteiger partial charge is 0.357 e. The number of sulfonamides is 1. The summed E-state index contributed by atoms with van der Waals surface area (Å²) in [4.78, 5) is 39.9. The van der Waals surface area contributed by atoms with Gasteiger partial charge in [0.05, 0.1) is 7.11 Å². The first-order valence-electron chi connectivity index (χ1n) is 12.9. The number of hydrogen-bond acceptors (Lipinski definition) is 7. The van der Waals surface area contributed by atoms with E-state index in [1.165, 1.54) is 30.3 Å². The van der Waals surface area contributed by atoms with E-state index < -0.39 is 27.3 Å². The predicted molar refractivity (Wildman–Crippen MR) is 157 cm³/mol. The Labute approximate surface area is 239 Å². The summed E-state index contributed by atoms with van der Waals surface area (Å²) in [5, 5.41) is 1.59. The van der Waals surface area contributed by atoms with Gasteiger partial charge in [-0.25, -0.2) is 4.79 Å². The zero-order valence-electron chi connectivity index (χ0n) is 23.3. The van der Waals surface area contributed by atoms with E-state index in [0.717, 1.165) is 22.4 Å². The van der Waals surface area contributed by atoms with Gasteiger partial charge in [-0.05, 0) is 42.0 Å². The summed E-state index contributed by atoms with van der Waals surface area (Å²) in [5.74, 6) is -0.480. The molecule has 0 saturated heterocycles. The standard InChI is InChI=1S/C29H35N3O6S2/c1-6-30-29(35)40(36,37)31-27-25(17-24(39-27)16-19(2)3)22-14-12-21(13-15-22)18-32(20(4)33)26(28(34)38-5)23-10-8-7-9-11-23/h7-15,17,19,26,31H,6,16,18H2,1-5H3,(H,30,35)/t26-/m0/s1. The van der Waals surface area contributed by atoms with Gasteiger partial charge >= 0.3 is 21.2 Å². The number of benzene rings is 2. The van der Waals surface area contributed by atoms with Crippen molar-refractivity contribution in [2.24, 2.45) is 5.92 Å². The number of ether oxygens (including phenoxy) is 1.